The van der Waals surface area contributed by atoms with E-state index in [0.717, 1.165) is 19.0 Å². The molecule has 0 aliphatic carbocycles. The Kier molecular flexibility index (Phi) is 6.07. The average molecular weight is 276 g/mol. The highest BCUT2D eigenvalue weighted by molar-refractivity contribution is 5.54. The molecular weight excluding hydrogens is 244 g/mol. The molecule has 2 nitrogen and oxygen atoms in total. The van der Waals surface area contributed by atoms with E-state index in [9.17, 15) is 0 Å². The van der Waals surface area contributed by atoms with Crippen molar-refractivity contribution in [3.05, 3.63) is 29.3 Å². The zero-order valence-electron chi connectivity index (χ0n) is 14.4. The Hall–Kier alpha value is -1.02. The largest absolute Gasteiger partial charge is 0.374 e. The van der Waals surface area contributed by atoms with E-state index in [1.165, 1.54) is 23.2 Å². The molecule has 1 aromatic rings. The number of nitrogens with zero attached hydrogens (tertiary/aromatic N) is 1. The van der Waals surface area contributed by atoms with Crippen LogP contribution in [0.2, 0.25) is 0 Å². The summed E-state index contributed by atoms with van der Waals surface area (Å²) in [6.45, 7) is 15.4. The van der Waals surface area contributed by atoms with Crippen LogP contribution in [0.25, 0.3) is 0 Å². The number of aryl methyl sites for hydroxylation is 1. The molecule has 0 aliphatic rings. The van der Waals surface area contributed by atoms with E-state index in [0.29, 0.717) is 0 Å². The van der Waals surface area contributed by atoms with Gasteiger partial charge in [0.25, 0.3) is 0 Å². The summed E-state index contributed by atoms with van der Waals surface area (Å²) in [7, 11) is 2.20. The minimum atomic E-state index is 0.150. The zero-order chi connectivity index (χ0) is 15.3. The van der Waals surface area contributed by atoms with Gasteiger partial charge in [-0.05, 0) is 51.7 Å². The molecule has 0 amide bonds. The first-order valence-corrected chi connectivity index (χ1v) is 7.75. The van der Waals surface area contributed by atoms with Gasteiger partial charge in [-0.15, -0.1) is 0 Å². The first-order chi connectivity index (χ1) is 9.19. The van der Waals surface area contributed by atoms with Crippen LogP contribution in [0.15, 0.2) is 18.2 Å². The third-order valence-electron chi connectivity index (χ3n) is 3.50. The van der Waals surface area contributed by atoms with Crippen molar-refractivity contribution in [1.82, 2.24) is 5.32 Å². The van der Waals surface area contributed by atoms with Gasteiger partial charge in [0.2, 0.25) is 0 Å². The predicted octanol–water partition coefficient (Wildman–Crippen LogP) is 4.37. The fourth-order valence-electron chi connectivity index (χ4n) is 2.16. The van der Waals surface area contributed by atoms with Crippen LogP contribution in [0.4, 0.5) is 5.69 Å². The van der Waals surface area contributed by atoms with E-state index in [2.05, 4.69) is 77.0 Å². The topological polar surface area (TPSA) is 15.3 Å². The van der Waals surface area contributed by atoms with Crippen molar-refractivity contribution in [2.24, 2.45) is 5.92 Å². The van der Waals surface area contributed by atoms with Crippen LogP contribution in [-0.2, 0) is 6.54 Å². The Bertz CT molecular complexity index is 416. The molecule has 1 N–H and O–H groups in total. The van der Waals surface area contributed by atoms with Crippen LogP contribution in [0, 0.1) is 12.8 Å². The van der Waals surface area contributed by atoms with E-state index in [-0.39, 0.29) is 5.54 Å². The number of hydrogen-bond acceptors (Lipinski definition) is 2. The van der Waals surface area contributed by atoms with Gasteiger partial charge in [0.15, 0.2) is 0 Å². The Morgan fingerprint density at radius 2 is 1.85 bits per heavy atom. The number of anilines is 1. The Morgan fingerprint density at radius 1 is 1.20 bits per heavy atom. The fraction of sp³-hybridized carbons (Fsp3) is 0.667. The summed E-state index contributed by atoms with van der Waals surface area (Å²) in [5.41, 5.74) is 4.23. The molecule has 0 saturated heterocycles. The molecule has 0 aliphatic heterocycles. The van der Waals surface area contributed by atoms with E-state index in [1.807, 2.05) is 0 Å². The standard InChI is InChI=1S/C18H32N2/c1-14(2)10-11-20(7)17-9-8-15(3)12-16(17)13-19-18(4,5)6/h8-9,12,14,19H,10-11,13H2,1-7H3. The van der Waals surface area contributed by atoms with Gasteiger partial charge in [0.1, 0.15) is 0 Å². The molecule has 0 radical (unpaired) electrons. The summed E-state index contributed by atoms with van der Waals surface area (Å²) in [4.78, 5) is 2.39. The second kappa shape index (κ2) is 7.12. The maximum Gasteiger partial charge on any atom is 0.0409 e. The summed E-state index contributed by atoms with van der Waals surface area (Å²) in [5, 5.41) is 3.60. The van der Waals surface area contributed by atoms with Gasteiger partial charge in [-0.1, -0.05) is 31.5 Å². The van der Waals surface area contributed by atoms with Gasteiger partial charge in [0, 0.05) is 31.4 Å². The summed E-state index contributed by atoms with van der Waals surface area (Å²) in [5.74, 6) is 0.749. The molecule has 2 heteroatoms. The number of nitrogens with one attached hydrogen (secondary N) is 1. The summed E-state index contributed by atoms with van der Waals surface area (Å²) in [6.07, 6.45) is 1.23. The minimum absolute atomic E-state index is 0.150. The molecule has 0 unspecified atom stereocenters. The molecule has 0 saturated carbocycles. The normalized spacial score (nSPS) is 12.0. The quantitative estimate of drug-likeness (QED) is 0.830. The van der Waals surface area contributed by atoms with E-state index < -0.39 is 0 Å². The lowest BCUT2D eigenvalue weighted by atomic mass is 10.0. The zero-order valence-corrected chi connectivity index (χ0v) is 14.4. The predicted molar refractivity (Wildman–Crippen MR) is 90.5 cm³/mol. The second-order valence-corrected chi connectivity index (χ2v) is 7.34. The van der Waals surface area contributed by atoms with Crippen molar-refractivity contribution < 1.29 is 0 Å². The molecule has 1 aromatic carbocycles. The van der Waals surface area contributed by atoms with E-state index in [1.54, 1.807) is 0 Å². The minimum Gasteiger partial charge on any atom is -0.374 e. The summed E-state index contributed by atoms with van der Waals surface area (Å²) < 4.78 is 0. The highest BCUT2D eigenvalue weighted by Gasteiger charge is 2.12. The van der Waals surface area contributed by atoms with E-state index >= 15 is 0 Å². The van der Waals surface area contributed by atoms with Crippen LogP contribution >= 0.6 is 0 Å². The van der Waals surface area contributed by atoms with Crippen LogP contribution in [0.1, 0.15) is 52.2 Å². The van der Waals surface area contributed by atoms with Crippen LogP contribution < -0.4 is 10.2 Å². The number of rotatable bonds is 6. The third kappa shape index (κ3) is 5.96. The highest BCUT2D eigenvalue weighted by Crippen LogP contribution is 2.22. The number of benzene rings is 1. The molecule has 0 spiro atoms. The average Bonchev–Trinajstić information content (AvgIpc) is 2.32. The molecular formula is C18H32N2. The Morgan fingerprint density at radius 3 is 2.40 bits per heavy atom. The fourth-order valence-corrected chi connectivity index (χ4v) is 2.16. The van der Waals surface area contributed by atoms with Crippen molar-refractivity contribution >= 4 is 5.69 Å². The second-order valence-electron chi connectivity index (χ2n) is 7.34. The van der Waals surface area contributed by atoms with Crippen molar-refractivity contribution in [2.75, 3.05) is 18.5 Å². The molecule has 20 heavy (non-hydrogen) atoms. The van der Waals surface area contributed by atoms with Crippen LogP contribution in [-0.4, -0.2) is 19.1 Å². The molecule has 0 heterocycles. The van der Waals surface area contributed by atoms with Crippen molar-refractivity contribution in [3.63, 3.8) is 0 Å². The molecule has 0 atom stereocenters. The Balaban J connectivity index is 2.83. The highest BCUT2D eigenvalue weighted by atomic mass is 15.1. The lowest BCUT2D eigenvalue weighted by Gasteiger charge is -2.26. The maximum atomic E-state index is 3.60. The van der Waals surface area contributed by atoms with Gasteiger partial charge in [-0.25, -0.2) is 0 Å². The van der Waals surface area contributed by atoms with Gasteiger partial charge in [-0.2, -0.15) is 0 Å². The molecule has 0 fully saturated rings. The first kappa shape index (κ1) is 17.0. The SMILES string of the molecule is Cc1ccc(N(C)CCC(C)C)c(CNC(C)(C)C)c1. The summed E-state index contributed by atoms with van der Waals surface area (Å²) in [6, 6.07) is 6.77. The smallest absolute Gasteiger partial charge is 0.0409 e. The Labute approximate surface area is 125 Å². The van der Waals surface area contributed by atoms with Gasteiger partial charge >= 0.3 is 0 Å². The maximum absolute atomic E-state index is 3.60. The molecule has 0 bridgehead atoms. The monoisotopic (exact) mass is 276 g/mol. The lowest BCUT2D eigenvalue weighted by Crippen LogP contribution is -2.35. The number of hydrogen-bond donors (Lipinski definition) is 1. The van der Waals surface area contributed by atoms with Gasteiger partial charge in [-0.3, -0.25) is 0 Å². The lowest BCUT2D eigenvalue weighted by molar-refractivity contribution is 0.424. The van der Waals surface area contributed by atoms with E-state index in [4.69, 9.17) is 0 Å². The van der Waals surface area contributed by atoms with Crippen molar-refractivity contribution in [3.8, 4) is 0 Å². The van der Waals surface area contributed by atoms with Gasteiger partial charge in [0.05, 0.1) is 0 Å². The van der Waals surface area contributed by atoms with Gasteiger partial charge < -0.3 is 10.2 Å². The van der Waals surface area contributed by atoms with Crippen LogP contribution in [0.5, 0.6) is 0 Å². The summed E-state index contributed by atoms with van der Waals surface area (Å²) >= 11 is 0. The van der Waals surface area contributed by atoms with Crippen molar-refractivity contribution in [1.29, 1.82) is 0 Å². The first-order valence-electron chi connectivity index (χ1n) is 7.75. The van der Waals surface area contributed by atoms with Crippen LogP contribution in [0.3, 0.4) is 0 Å². The molecule has 1 rings (SSSR count). The molecule has 114 valence electrons. The third-order valence-corrected chi connectivity index (χ3v) is 3.50. The molecule has 0 aromatic heterocycles. The van der Waals surface area contributed by atoms with Crippen molar-refractivity contribution in [2.45, 2.75) is 60.0 Å².